The van der Waals surface area contributed by atoms with Gasteiger partial charge in [0, 0.05) is 5.57 Å². The van der Waals surface area contributed by atoms with Gasteiger partial charge in [-0.15, -0.1) is 0 Å². The lowest BCUT2D eigenvalue weighted by atomic mass is 9.90. The molecule has 5 nitrogen and oxygen atoms in total. The molecule has 2 aliphatic rings. The van der Waals surface area contributed by atoms with Crippen LogP contribution in [0.4, 0.5) is 5.69 Å². The summed E-state index contributed by atoms with van der Waals surface area (Å²) in [6.45, 7) is 2.04. The van der Waals surface area contributed by atoms with Crippen LogP contribution in [0.3, 0.4) is 0 Å². The van der Waals surface area contributed by atoms with Gasteiger partial charge in [-0.1, -0.05) is 6.08 Å². The molecule has 1 unspecified atom stereocenters. The summed E-state index contributed by atoms with van der Waals surface area (Å²) in [4.78, 5) is 37.7. The van der Waals surface area contributed by atoms with Crippen LogP contribution in [0.2, 0.25) is 0 Å². The monoisotopic (exact) mass is 299 g/mol. The Bertz CT molecular complexity index is 660. The maximum absolute atomic E-state index is 12.4. The molecule has 0 N–H and O–H groups in total. The van der Waals surface area contributed by atoms with E-state index in [1.807, 2.05) is 6.08 Å². The highest BCUT2D eigenvalue weighted by Gasteiger charge is 2.44. The Labute approximate surface area is 128 Å². The van der Waals surface area contributed by atoms with Gasteiger partial charge in [-0.3, -0.25) is 9.59 Å². The summed E-state index contributed by atoms with van der Waals surface area (Å²) < 4.78 is 4.92. The summed E-state index contributed by atoms with van der Waals surface area (Å²) in [5.74, 6) is -1.12. The van der Waals surface area contributed by atoms with Crippen LogP contribution in [-0.2, 0) is 14.3 Å². The smallest absolute Gasteiger partial charge is 0.338 e. The number of hydrogen-bond donors (Lipinski definition) is 0. The highest BCUT2D eigenvalue weighted by Crippen LogP contribution is 2.36. The van der Waals surface area contributed by atoms with E-state index in [1.54, 1.807) is 31.2 Å². The van der Waals surface area contributed by atoms with E-state index in [1.165, 1.54) is 4.90 Å². The lowest BCUT2D eigenvalue weighted by Crippen LogP contribution is -2.30. The Hall–Kier alpha value is -2.43. The Balaban J connectivity index is 1.87. The molecule has 114 valence electrons. The van der Waals surface area contributed by atoms with Gasteiger partial charge < -0.3 is 4.74 Å². The normalized spacial score (nSPS) is 20.7. The molecule has 1 aliphatic carbocycles. The van der Waals surface area contributed by atoms with Gasteiger partial charge >= 0.3 is 5.97 Å². The second-order valence-electron chi connectivity index (χ2n) is 5.39. The quantitative estimate of drug-likeness (QED) is 0.635. The number of carbonyl (C=O) groups excluding carboxylic acids is 3. The molecular formula is C17H17NO4. The third-order valence-corrected chi connectivity index (χ3v) is 4.04. The van der Waals surface area contributed by atoms with Crippen LogP contribution in [0.25, 0.3) is 0 Å². The number of esters is 1. The van der Waals surface area contributed by atoms with Crippen LogP contribution < -0.4 is 4.90 Å². The number of amides is 2. The van der Waals surface area contributed by atoms with Crippen molar-refractivity contribution < 1.29 is 19.1 Å². The fraction of sp³-hybridized carbons (Fsp3) is 0.353. The van der Waals surface area contributed by atoms with Crippen LogP contribution in [0.15, 0.2) is 35.9 Å². The molecule has 1 aromatic rings. The van der Waals surface area contributed by atoms with E-state index in [9.17, 15) is 14.4 Å². The lowest BCUT2D eigenvalue weighted by Gasteiger charge is -2.15. The van der Waals surface area contributed by atoms with Gasteiger partial charge in [0.15, 0.2) is 0 Å². The molecule has 0 spiro atoms. The number of imide groups is 1. The molecule has 0 radical (unpaired) electrons. The number of ether oxygens (including phenoxy) is 1. The molecule has 1 atom stereocenters. The molecule has 1 saturated heterocycles. The number of allylic oxidation sites excluding steroid dienone is 1. The number of nitrogens with zero attached hydrogens (tertiary/aromatic N) is 1. The van der Waals surface area contributed by atoms with Crippen LogP contribution >= 0.6 is 0 Å². The topological polar surface area (TPSA) is 63.7 Å². The highest BCUT2D eigenvalue weighted by molar-refractivity contribution is 6.29. The van der Waals surface area contributed by atoms with Gasteiger partial charge in [0.1, 0.15) is 0 Å². The fourth-order valence-electron chi connectivity index (χ4n) is 2.96. The largest absolute Gasteiger partial charge is 0.462 e. The van der Waals surface area contributed by atoms with Crippen molar-refractivity contribution in [1.82, 2.24) is 0 Å². The van der Waals surface area contributed by atoms with E-state index >= 15 is 0 Å². The van der Waals surface area contributed by atoms with Crippen molar-refractivity contribution in [2.45, 2.75) is 26.2 Å². The summed E-state index contributed by atoms with van der Waals surface area (Å²) in [5, 5.41) is 0. The highest BCUT2D eigenvalue weighted by atomic mass is 16.5. The summed E-state index contributed by atoms with van der Waals surface area (Å²) in [5.41, 5.74) is 1.52. The molecular weight excluding hydrogens is 282 g/mol. The number of benzene rings is 1. The van der Waals surface area contributed by atoms with Crippen molar-refractivity contribution >= 4 is 23.5 Å². The second-order valence-corrected chi connectivity index (χ2v) is 5.39. The number of hydrogen-bond acceptors (Lipinski definition) is 4. The van der Waals surface area contributed by atoms with E-state index in [2.05, 4.69) is 0 Å². The Morgan fingerprint density at radius 3 is 2.64 bits per heavy atom. The average molecular weight is 299 g/mol. The maximum atomic E-state index is 12.4. The first-order chi connectivity index (χ1) is 10.6. The molecule has 0 aromatic heterocycles. The van der Waals surface area contributed by atoms with Gasteiger partial charge in [-0.2, -0.15) is 0 Å². The third-order valence-electron chi connectivity index (χ3n) is 4.04. The van der Waals surface area contributed by atoms with E-state index in [-0.39, 0.29) is 17.7 Å². The van der Waals surface area contributed by atoms with E-state index in [0.29, 0.717) is 23.4 Å². The predicted molar refractivity (Wildman–Crippen MR) is 80.3 cm³/mol. The van der Waals surface area contributed by atoms with E-state index in [4.69, 9.17) is 4.74 Å². The minimum atomic E-state index is -0.412. The fourth-order valence-corrected chi connectivity index (χ4v) is 2.96. The van der Waals surface area contributed by atoms with Crippen molar-refractivity contribution in [2.75, 3.05) is 11.5 Å². The zero-order valence-corrected chi connectivity index (χ0v) is 12.4. The standard InChI is InChI=1S/C17H17NO4/c1-2-22-17(21)11-7-9-12(10-8-11)18-15(19)13-5-3-4-6-14(13)16(18)20/h5,7-10,14H,2-4,6H2,1H3. The van der Waals surface area contributed by atoms with Crippen LogP contribution in [0.1, 0.15) is 36.5 Å². The first kappa shape index (κ1) is 14.5. The van der Waals surface area contributed by atoms with Crippen molar-refractivity contribution in [3.8, 4) is 0 Å². The lowest BCUT2D eigenvalue weighted by molar-refractivity contribution is -0.122. The van der Waals surface area contributed by atoms with Crippen LogP contribution in [-0.4, -0.2) is 24.4 Å². The van der Waals surface area contributed by atoms with Crippen molar-refractivity contribution in [1.29, 1.82) is 0 Å². The second kappa shape index (κ2) is 5.75. The van der Waals surface area contributed by atoms with Crippen LogP contribution in [0.5, 0.6) is 0 Å². The summed E-state index contributed by atoms with van der Waals surface area (Å²) >= 11 is 0. The molecule has 1 heterocycles. The molecule has 3 rings (SSSR count). The summed E-state index contributed by atoms with van der Waals surface area (Å²) in [6, 6.07) is 6.37. The molecule has 1 aromatic carbocycles. The van der Waals surface area contributed by atoms with Gasteiger partial charge in [0.05, 0.1) is 23.8 Å². The first-order valence-electron chi connectivity index (χ1n) is 7.49. The number of anilines is 1. The zero-order valence-electron chi connectivity index (χ0n) is 12.4. The summed E-state index contributed by atoms with van der Waals surface area (Å²) in [7, 11) is 0. The first-order valence-corrected chi connectivity index (χ1v) is 7.49. The predicted octanol–water partition coefficient (Wildman–Crippen LogP) is 2.46. The zero-order chi connectivity index (χ0) is 15.7. The van der Waals surface area contributed by atoms with Gasteiger partial charge in [0.25, 0.3) is 5.91 Å². The van der Waals surface area contributed by atoms with Crippen LogP contribution in [0, 0.1) is 5.92 Å². The van der Waals surface area contributed by atoms with Crippen molar-refractivity contribution in [3.05, 3.63) is 41.5 Å². The molecule has 5 heteroatoms. The summed E-state index contributed by atoms with van der Waals surface area (Å²) in [6.07, 6.45) is 4.39. The van der Waals surface area contributed by atoms with Crippen molar-refractivity contribution in [2.24, 2.45) is 5.92 Å². The van der Waals surface area contributed by atoms with E-state index in [0.717, 1.165) is 19.3 Å². The SMILES string of the molecule is CCOC(=O)c1ccc(N2C(=O)C3=CCCCC3C2=O)cc1. The van der Waals surface area contributed by atoms with Gasteiger partial charge in [0.2, 0.25) is 5.91 Å². The number of rotatable bonds is 3. The minimum Gasteiger partial charge on any atom is -0.462 e. The Kier molecular flexibility index (Phi) is 3.79. The number of carbonyl (C=O) groups is 3. The Morgan fingerprint density at radius 2 is 2.00 bits per heavy atom. The average Bonchev–Trinajstić information content (AvgIpc) is 2.80. The number of fused-ring (bicyclic) bond motifs is 1. The third kappa shape index (κ3) is 2.32. The molecule has 0 saturated carbocycles. The molecule has 22 heavy (non-hydrogen) atoms. The molecule has 0 bridgehead atoms. The Morgan fingerprint density at radius 1 is 1.27 bits per heavy atom. The van der Waals surface area contributed by atoms with Crippen molar-refractivity contribution in [3.63, 3.8) is 0 Å². The van der Waals surface area contributed by atoms with E-state index < -0.39 is 5.97 Å². The van der Waals surface area contributed by atoms with Gasteiger partial charge in [-0.05, 0) is 50.5 Å². The molecule has 1 aliphatic heterocycles. The minimum absolute atomic E-state index is 0.167. The molecule has 2 amide bonds. The molecule has 1 fully saturated rings. The van der Waals surface area contributed by atoms with Gasteiger partial charge in [-0.25, -0.2) is 9.69 Å². The maximum Gasteiger partial charge on any atom is 0.338 e.